The van der Waals surface area contributed by atoms with E-state index in [2.05, 4.69) is 10.3 Å². The Balaban J connectivity index is 1.86. The van der Waals surface area contributed by atoms with Crippen LogP contribution in [0.2, 0.25) is 5.02 Å². The lowest BCUT2D eigenvalue weighted by atomic mass is 10.2. The lowest BCUT2D eigenvalue weighted by molar-refractivity contribution is 0.102. The number of aromatic hydroxyl groups is 1. The molecule has 0 spiro atoms. The van der Waals surface area contributed by atoms with Crippen LogP contribution < -0.4 is 5.32 Å². The fraction of sp³-hybridized carbons (Fsp3) is 0.111. The number of anilines is 1. The molecule has 0 unspecified atom stereocenters. The maximum absolute atomic E-state index is 12.5. The Morgan fingerprint density at radius 2 is 1.88 bits per heavy atom. The highest BCUT2D eigenvalue weighted by Gasteiger charge is 2.17. The summed E-state index contributed by atoms with van der Waals surface area (Å²) in [7, 11) is 0. The molecule has 122 valence electrons. The zero-order valence-electron chi connectivity index (χ0n) is 13.1. The smallest absolute Gasteiger partial charge is 0.267 e. The first-order valence-electron chi connectivity index (χ1n) is 7.28. The molecule has 2 aromatic carbocycles. The van der Waals surface area contributed by atoms with Crippen LogP contribution in [0.25, 0.3) is 10.6 Å². The molecule has 0 bridgehead atoms. The van der Waals surface area contributed by atoms with E-state index < -0.39 is 0 Å². The molecule has 1 amide bonds. The van der Waals surface area contributed by atoms with Gasteiger partial charge >= 0.3 is 0 Å². The van der Waals surface area contributed by atoms with Crippen molar-refractivity contribution in [1.82, 2.24) is 4.98 Å². The van der Waals surface area contributed by atoms with Crippen LogP contribution in [0.4, 0.5) is 5.69 Å². The highest BCUT2D eigenvalue weighted by atomic mass is 35.5. The first-order valence-corrected chi connectivity index (χ1v) is 8.48. The third-order valence-electron chi connectivity index (χ3n) is 3.50. The summed E-state index contributed by atoms with van der Waals surface area (Å²) in [6, 6.07) is 12.4. The number of carbonyl (C=O) groups is 1. The molecular weight excluding hydrogens is 344 g/mol. The quantitative estimate of drug-likeness (QED) is 0.645. The molecular formula is C18H15ClN2O2S. The molecule has 1 heterocycles. The van der Waals surface area contributed by atoms with E-state index in [0.29, 0.717) is 21.3 Å². The Labute approximate surface area is 148 Å². The van der Waals surface area contributed by atoms with Gasteiger partial charge in [-0.3, -0.25) is 4.79 Å². The number of hydrogen-bond acceptors (Lipinski definition) is 4. The van der Waals surface area contributed by atoms with Crippen LogP contribution in [0.3, 0.4) is 0 Å². The molecule has 3 aromatic rings. The van der Waals surface area contributed by atoms with Crippen molar-refractivity contribution in [2.75, 3.05) is 5.32 Å². The number of amides is 1. The van der Waals surface area contributed by atoms with Gasteiger partial charge in [0, 0.05) is 10.6 Å². The Bertz CT molecular complexity index is 904. The number of halogens is 1. The van der Waals surface area contributed by atoms with E-state index >= 15 is 0 Å². The zero-order chi connectivity index (χ0) is 17.3. The van der Waals surface area contributed by atoms with Crippen LogP contribution in [0, 0.1) is 13.8 Å². The minimum atomic E-state index is -0.288. The van der Waals surface area contributed by atoms with E-state index in [0.717, 1.165) is 16.1 Å². The van der Waals surface area contributed by atoms with Gasteiger partial charge in [-0.15, -0.1) is 11.3 Å². The lowest BCUT2D eigenvalue weighted by Gasteiger charge is -2.07. The molecule has 0 aliphatic carbocycles. The van der Waals surface area contributed by atoms with Crippen molar-refractivity contribution in [3.05, 3.63) is 63.6 Å². The van der Waals surface area contributed by atoms with E-state index in [9.17, 15) is 9.90 Å². The molecule has 0 saturated heterocycles. The van der Waals surface area contributed by atoms with Gasteiger partial charge < -0.3 is 10.4 Å². The second-order valence-corrected chi connectivity index (χ2v) is 6.85. The number of benzene rings is 2. The molecule has 0 aliphatic rings. The summed E-state index contributed by atoms with van der Waals surface area (Å²) >= 11 is 7.20. The molecule has 2 N–H and O–H groups in total. The summed E-state index contributed by atoms with van der Waals surface area (Å²) in [5.41, 5.74) is 2.86. The predicted octanol–water partition coefficient (Wildman–Crippen LogP) is 5.04. The fourth-order valence-electron chi connectivity index (χ4n) is 2.25. The monoisotopic (exact) mass is 358 g/mol. The number of hydrogen-bond donors (Lipinski definition) is 2. The van der Waals surface area contributed by atoms with Gasteiger partial charge in [0.15, 0.2) is 0 Å². The van der Waals surface area contributed by atoms with Crippen molar-refractivity contribution in [2.24, 2.45) is 0 Å². The van der Waals surface area contributed by atoms with E-state index in [4.69, 9.17) is 11.6 Å². The summed E-state index contributed by atoms with van der Waals surface area (Å²) in [5, 5.41) is 14.1. The second kappa shape index (κ2) is 6.63. The molecule has 4 nitrogen and oxygen atoms in total. The minimum absolute atomic E-state index is 0.0449. The third kappa shape index (κ3) is 3.42. The number of nitrogens with zero attached hydrogens (tertiary/aromatic N) is 1. The number of carbonyl (C=O) groups excluding carboxylic acids is 1. The highest BCUT2D eigenvalue weighted by molar-refractivity contribution is 7.17. The van der Waals surface area contributed by atoms with Crippen molar-refractivity contribution in [3.8, 4) is 16.3 Å². The molecule has 1 aromatic heterocycles. The van der Waals surface area contributed by atoms with Crippen LogP contribution in [0.1, 0.15) is 20.9 Å². The van der Waals surface area contributed by atoms with Crippen LogP contribution in [-0.4, -0.2) is 16.0 Å². The van der Waals surface area contributed by atoms with Crippen LogP contribution in [0.5, 0.6) is 5.75 Å². The molecule has 3 rings (SSSR count). The lowest BCUT2D eigenvalue weighted by Crippen LogP contribution is -2.11. The highest BCUT2D eigenvalue weighted by Crippen LogP contribution is 2.30. The Hall–Kier alpha value is -2.37. The molecule has 0 saturated carbocycles. The summed E-state index contributed by atoms with van der Waals surface area (Å²) in [5.74, 6) is -0.243. The Morgan fingerprint density at radius 1 is 1.17 bits per heavy atom. The van der Waals surface area contributed by atoms with Crippen LogP contribution >= 0.6 is 22.9 Å². The van der Waals surface area contributed by atoms with Crippen molar-refractivity contribution in [3.63, 3.8) is 0 Å². The maximum atomic E-state index is 12.5. The summed E-state index contributed by atoms with van der Waals surface area (Å²) < 4.78 is 0. The summed E-state index contributed by atoms with van der Waals surface area (Å²) in [6.07, 6.45) is 0. The Kier molecular flexibility index (Phi) is 4.55. The normalized spacial score (nSPS) is 10.6. The minimum Gasteiger partial charge on any atom is -0.506 e. The number of aromatic nitrogens is 1. The molecule has 6 heteroatoms. The van der Waals surface area contributed by atoms with Gasteiger partial charge in [0.25, 0.3) is 5.91 Å². The average Bonchev–Trinajstić information content (AvgIpc) is 2.93. The van der Waals surface area contributed by atoms with Gasteiger partial charge in [0.2, 0.25) is 0 Å². The summed E-state index contributed by atoms with van der Waals surface area (Å²) in [4.78, 5) is 17.5. The number of phenolic OH excluding ortho intramolecular Hbond substituents is 1. The van der Waals surface area contributed by atoms with Crippen molar-refractivity contribution < 1.29 is 9.90 Å². The van der Waals surface area contributed by atoms with E-state index in [1.54, 1.807) is 31.2 Å². The van der Waals surface area contributed by atoms with Gasteiger partial charge in [-0.2, -0.15) is 0 Å². The molecule has 0 fully saturated rings. The van der Waals surface area contributed by atoms with Crippen LogP contribution in [-0.2, 0) is 0 Å². The number of thiazole rings is 1. The van der Waals surface area contributed by atoms with Gasteiger partial charge in [0.1, 0.15) is 15.6 Å². The first kappa shape index (κ1) is 16.5. The SMILES string of the molecule is Cc1ccc(NC(=O)c2sc(-c3ccc(Cl)cc3)nc2C)c(O)c1. The van der Waals surface area contributed by atoms with Gasteiger partial charge in [0.05, 0.1) is 11.4 Å². The first-order chi connectivity index (χ1) is 11.4. The van der Waals surface area contributed by atoms with Gasteiger partial charge in [-0.1, -0.05) is 29.8 Å². The average molecular weight is 359 g/mol. The number of nitrogens with one attached hydrogen (secondary N) is 1. The largest absolute Gasteiger partial charge is 0.506 e. The van der Waals surface area contributed by atoms with Crippen molar-refractivity contribution in [1.29, 1.82) is 0 Å². The topological polar surface area (TPSA) is 62.2 Å². The number of rotatable bonds is 3. The van der Waals surface area contributed by atoms with Crippen molar-refractivity contribution >= 4 is 34.5 Å². The molecule has 0 aliphatic heterocycles. The molecule has 0 atom stereocenters. The van der Waals surface area contributed by atoms with E-state index in [-0.39, 0.29) is 11.7 Å². The Morgan fingerprint density at radius 3 is 2.54 bits per heavy atom. The summed E-state index contributed by atoms with van der Waals surface area (Å²) in [6.45, 7) is 3.66. The number of phenols is 1. The molecule has 24 heavy (non-hydrogen) atoms. The third-order valence-corrected chi connectivity index (χ3v) is 4.95. The maximum Gasteiger partial charge on any atom is 0.267 e. The van der Waals surface area contributed by atoms with Gasteiger partial charge in [-0.05, 0) is 43.7 Å². The van der Waals surface area contributed by atoms with Gasteiger partial charge in [-0.25, -0.2) is 4.98 Å². The number of aryl methyl sites for hydroxylation is 2. The van der Waals surface area contributed by atoms with Crippen molar-refractivity contribution in [2.45, 2.75) is 13.8 Å². The predicted molar refractivity (Wildman–Crippen MR) is 98.1 cm³/mol. The zero-order valence-corrected chi connectivity index (χ0v) is 14.7. The van der Waals surface area contributed by atoms with Crippen LogP contribution in [0.15, 0.2) is 42.5 Å². The standard InChI is InChI=1S/C18H15ClN2O2S/c1-10-3-8-14(15(22)9-10)21-17(23)16-11(2)20-18(24-16)12-4-6-13(19)7-5-12/h3-9,22H,1-2H3,(H,21,23). The van der Waals surface area contributed by atoms with E-state index in [1.807, 2.05) is 25.1 Å². The molecule has 0 radical (unpaired) electrons. The van der Waals surface area contributed by atoms with E-state index in [1.165, 1.54) is 11.3 Å². The second-order valence-electron chi connectivity index (χ2n) is 5.42. The fourth-order valence-corrected chi connectivity index (χ4v) is 3.34.